The van der Waals surface area contributed by atoms with Crippen molar-refractivity contribution in [2.24, 2.45) is 0 Å². The van der Waals surface area contributed by atoms with Gasteiger partial charge >= 0.3 is 0 Å². The fourth-order valence-corrected chi connectivity index (χ4v) is 4.65. The van der Waals surface area contributed by atoms with E-state index in [2.05, 4.69) is 65.4 Å². The average molecular weight is 374 g/mol. The summed E-state index contributed by atoms with van der Waals surface area (Å²) in [6.45, 7) is 8.31. The van der Waals surface area contributed by atoms with E-state index >= 15 is 0 Å². The van der Waals surface area contributed by atoms with Crippen molar-refractivity contribution in [3.63, 3.8) is 0 Å². The molecule has 110 valence electrons. The summed E-state index contributed by atoms with van der Waals surface area (Å²) in [5.74, 6) is 0. The van der Waals surface area contributed by atoms with Crippen LogP contribution in [0.25, 0.3) is 0 Å². The molecule has 0 bridgehead atoms. The van der Waals surface area contributed by atoms with Gasteiger partial charge in [0.15, 0.2) is 5.13 Å². The van der Waals surface area contributed by atoms with Gasteiger partial charge in [0.25, 0.3) is 0 Å². The summed E-state index contributed by atoms with van der Waals surface area (Å²) in [7, 11) is 2.10. The van der Waals surface area contributed by atoms with Gasteiger partial charge in [-0.3, -0.25) is 0 Å². The van der Waals surface area contributed by atoms with Crippen molar-refractivity contribution in [1.82, 2.24) is 10.3 Å². The highest BCUT2D eigenvalue weighted by molar-refractivity contribution is 9.10. The maximum atomic E-state index is 4.71. The molecule has 0 aromatic carbocycles. The zero-order valence-electron chi connectivity index (χ0n) is 12.2. The van der Waals surface area contributed by atoms with E-state index < -0.39 is 0 Å². The largest absolute Gasteiger partial charge is 0.346 e. The van der Waals surface area contributed by atoms with Crippen LogP contribution in [0.4, 0.5) is 5.13 Å². The van der Waals surface area contributed by atoms with Gasteiger partial charge in [-0.05, 0) is 42.4 Å². The minimum absolute atomic E-state index is 0.371. The van der Waals surface area contributed by atoms with Crippen LogP contribution in [0.3, 0.4) is 0 Å². The lowest BCUT2D eigenvalue weighted by Crippen LogP contribution is -2.17. The summed E-state index contributed by atoms with van der Waals surface area (Å²) in [4.78, 5) is 9.61. The third kappa shape index (κ3) is 3.81. The quantitative estimate of drug-likeness (QED) is 0.802. The van der Waals surface area contributed by atoms with Gasteiger partial charge in [-0.2, -0.15) is 0 Å². The summed E-state index contributed by atoms with van der Waals surface area (Å²) >= 11 is 7.06. The summed E-state index contributed by atoms with van der Waals surface area (Å²) in [6, 6.07) is 2.54. The highest BCUT2D eigenvalue weighted by Gasteiger charge is 2.16. The van der Waals surface area contributed by atoms with Crippen LogP contribution in [0.2, 0.25) is 0 Å². The first-order valence-electron chi connectivity index (χ1n) is 6.66. The molecule has 2 rings (SSSR count). The first-order valence-corrected chi connectivity index (χ1v) is 9.15. The van der Waals surface area contributed by atoms with E-state index in [-0.39, 0.29) is 0 Å². The fourth-order valence-electron chi connectivity index (χ4n) is 2.10. The van der Waals surface area contributed by atoms with Crippen molar-refractivity contribution in [3.8, 4) is 0 Å². The van der Waals surface area contributed by atoms with Crippen LogP contribution in [0.1, 0.15) is 35.3 Å². The van der Waals surface area contributed by atoms with Crippen LogP contribution in [-0.4, -0.2) is 18.6 Å². The van der Waals surface area contributed by atoms with Crippen molar-refractivity contribution >= 4 is 43.7 Å². The second-order valence-electron chi connectivity index (χ2n) is 4.81. The molecule has 0 aliphatic heterocycles. The van der Waals surface area contributed by atoms with Crippen LogP contribution >= 0.6 is 38.6 Å². The predicted octanol–water partition coefficient (Wildman–Crippen LogP) is 4.58. The lowest BCUT2D eigenvalue weighted by molar-refractivity contribution is 0.603. The number of halogens is 1. The molecular formula is C14H20BrN3S2. The molecule has 1 atom stereocenters. The molecule has 0 saturated carbocycles. The van der Waals surface area contributed by atoms with E-state index in [1.54, 1.807) is 22.7 Å². The number of thiazole rings is 1. The summed E-state index contributed by atoms with van der Waals surface area (Å²) in [6.07, 6.45) is 0. The predicted molar refractivity (Wildman–Crippen MR) is 93.1 cm³/mol. The average Bonchev–Trinajstić information content (AvgIpc) is 2.96. The van der Waals surface area contributed by atoms with Gasteiger partial charge in [-0.1, -0.05) is 6.92 Å². The molecule has 3 nitrogen and oxygen atoms in total. The molecule has 0 saturated heterocycles. The molecule has 0 aliphatic rings. The summed E-state index contributed by atoms with van der Waals surface area (Å²) in [5.41, 5.74) is 1.14. The van der Waals surface area contributed by atoms with Gasteiger partial charge in [-0.15, -0.1) is 22.7 Å². The standard InChI is InChI=1S/C14H20BrN3S2/c1-5-16-9(2)13-10(3)17-14(20-13)18(4)7-12-6-11(15)8-19-12/h6,8-9,16H,5,7H2,1-4H3. The Kier molecular flexibility index (Phi) is 5.60. The Labute approximate surface area is 137 Å². The smallest absolute Gasteiger partial charge is 0.185 e. The highest BCUT2D eigenvalue weighted by Crippen LogP contribution is 2.31. The third-order valence-electron chi connectivity index (χ3n) is 3.07. The van der Waals surface area contributed by atoms with Crippen molar-refractivity contribution in [3.05, 3.63) is 31.4 Å². The van der Waals surface area contributed by atoms with E-state index in [0.717, 1.165) is 28.4 Å². The first-order chi connectivity index (χ1) is 9.51. The maximum Gasteiger partial charge on any atom is 0.185 e. The number of hydrogen-bond acceptors (Lipinski definition) is 5. The molecule has 0 radical (unpaired) electrons. The molecule has 2 heterocycles. The number of rotatable bonds is 6. The molecule has 0 aliphatic carbocycles. The minimum Gasteiger partial charge on any atom is -0.346 e. The van der Waals surface area contributed by atoms with Crippen LogP contribution < -0.4 is 10.2 Å². The number of thiophene rings is 1. The third-order valence-corrected chi connectivity index (χ3v) is 6.20. The SMILES string of the molecule is CCNC(C)c1sc(N(C)Cc2cc(Br)cs2)nc1C. The Morgan fingerprint density at radius 3 is 2.85 bits per heavy atom. The second kappa shape index (κ2) is 7.02. The molecule has 20 heavy (non-hydrogen) atoms. The van der Waals surface area contributed by atoms with Gasteiger partial charge in [0.2, 0.25) is 0 Å². The molecule has 2 aromatic heterocycles. The van der Waals surface area contributed by atoms with Gasteiger partial charge < -0.3 is 10.2 Å². The van der Waals surface area contributed by atoms with Crippen molar-refractivity contribution in [2.75, 3.05) is 18.5 Å². The van der Waals surface area contributed by atoms with Gasteiger partial charge in [0, 0.05) is 32.7 Å². The Bertz CT molecular complexity index is 565. The van der Waals surface area contributed by atoms with E-state index in [0.29, 0.717) is 6.04 Å². The number of anilines is 1. The molecule has 6 heteroatoms. The van der Waals surface area contributed by atoms with Crippen LogP contribution in [0.5, 0.6) is 0 Å². The number of nitrogens with zero attached hydrogens (tertiary/aromatic N) is 2. The van der Waals surface area contributed by atoms with Gasteiger partial charge in [-0.25, -0.2) is 4.98 Å². The molecular weight excluding hydrogens is 354 g/mol. The Balaban J connectivity index is 2.10. The topological polar surface area (TPSA) is 28.2 Å². The highest BCUT2D eigenvalue weighted by atomic mass is 79.9. The second-order valence-corrected chi connectivity index (χ2v) is 7.73. The summed E-state index contributed by atoms with van der Waals surface area (Å²) in [5, 5.41) is 6.67. The number of nitrogens with one attached hydrogen (secondary N) is 1. The number of aryl methyl sites for hydroxylation is 1. The normalized spacial score (nSPS) is 12.7. The maximum absolute atomic E-state index is 4.71. The molecule has 1 unspecified atom stereocenters. The van der Waals surface area contributed by atoms with Crippen LogP contribution in [-0.2, 0) is 6.54 Å². The van der Waals surface area contributed by atoms with Crippen molar-refractivity contribution in [2.45, 2.75) is 33.4 Å². The van der Waals surface area contributed by atoms with E-state index in [4.69, 9.17) is 4.98 Å². The van der Waals surface area contributed by atoms with Gasteiger partial charge in [0.1, 0.15) is 0 Å². The Morgan fingerprint density at radius 2 is 2.25 bits per heavy atom. The fraction of sp³-hybridized carbons (Fsp3) is 0.500. The molecule has 1 N–H and O–H groups in total. The number of aromatic nitrogens is 1. The zero-order valence-corrected chi connectivity index (χ0v) is 15.5. The lowest BCUT2D eigenvalue weighted by Gasteiger charge is -2.14. The monoisotopic (exact) mass is 373 g/mol. The minimum atomic E-state index is 0.371. The van der Waals surface area contributed by atoms with Crippen LogP contribution in [0.15, 0.2) is 15.9 Å². The first kappa shape index (κ1) is 15.9. The Hall–Kier alpha value is -0.430. The molecule has 0 spiro atoms. The van der Waals surface area contributed by atoms with E-state index in [1.807, 2.05) is 0 Å². The van der Waals surface area contributed by atoms with Gasteiger partial charge in [0.05, 0.1) is 12.2 Å². The van der Waals surface area contributed by atoms with Crippen molar-refractivity contribution < 1.29 is 0 Å². The van der Waals surface area contributed by atoms with E-state index in [1.165, 1.54) is 9.75 Å². The molecule has 2 aromatic rings. The van der Waals surface area contributed by atoms with Crippen LogP contribution in [0, 0.1) is 6.92 Å². The number of hydrogen-bond donors (Lipinski definition) is 1. The van der Waals surface area contributed by atoms with Crippen molar-refractivity contribution in [1.29, 1.82) is 0 Å². The van der Waals surface area contributed by atoms with E-state index in [9.17, 15) is 0 Å². The molecule has 0 fully saturated rings. The molecule has 0 amide bonds. The lowest BCUT2D eigenvalue weighted by atomic mass is 10.2. The Morgan fingerprint density at radius 1 is 1.50 bits per heavy atom. The summed E-state index contributed by atoms with van der Waals surface area (Å²) < 4.78 is 1.16. The zero-order chi connectivity index (χ0) is 14.7.